The van der Waals surface area contributed by atoms with Gasteiger partial charge in [-0.25, -0.2) is 4.79 Å². The lowest BCUT2D eigenvalue weighted by Crippen LogP contribution is -2.15. The summed E-state index contributed by atoms with van der Waals surface area (Å²) in [5, 5.41) is 34.2. The van der Waals surface area contributed by atoms with E-state index in [0.717, 1.165) is 11.8 Å². The average molecular weight is 361 g/mol. The number of carboxylic acid groups (broad SMARTS) is 1. The Labute approximate surface area is 144 Å². The van der Waals surface area contributed by atoms with Crippen LogP contribution in [0.4, 0.5) is 5.95 Å². The Balaban J connectivity index is 1.65. The van der Waals surface area contributed by atoms with Crippen LogP contribution in [0.1, 0.15) is 10.4 Å². The van der Waals surface area contributed by atoms with E-state index >= 15 is 0 Å². The number of rotatable bonds is 6. The maximum Gasteiger partial charge on any atom is 0.335 e. The predicted octanol–water partition coefficient (Wildman–Crippen LogP) is -0.385. The third-order valence-corrected chi connectivity index (χ3v) is 3.81. The molecule has 0 radical (unpaired) electrons. The molecule has 0 aliphatic heterocycles. The van der Waals surface area contributed by atoms with Crippen molar-refractivity contribution >= 4 is 29.6 Å². The quantitative estimate of drug-likeness (QED) is 0.555. The number of hydrogen-bond acceptors (Lipinski definition) is 9. The van der Waals surface area contributed by atoms with Crippen molar-refractivity contribution in [2.24, 2.45) is 7.05 Å². The smallest absolute Gasteiger partial charge is 0.335 e. The number of carbonyl (C=O) groups is 2. The van der Waals surface area contributed by atoms with Crippen molar-refractivity contribution < 1.29 is 14.7 Å². The van der Waals surface area contributed by atoms with E-state index in [1.54, 1.807) is 19.2 Å². The van der Waals surface area contributed by atoms with Crippen LogP contribution in [0.15, 0.2) is 29.4 Å². The van der Waals surface area contributed by atoms with Gasteiger partial charge in [-0.15, -0.1) is 10.2 Å². The van der Waals surface area contributed by atoms with Crippen LogP contribution < -0.4 is 5.32 Å². The lowest BCUT2D eigenvalue weighted by molar-refractivity contribution is -0.113. The van der Waals surface area contributed by atoms with Gasteiger partial charge >= 0.3 is 5.97 Å². The molecule has 0 aliphatic carbocycles. The Morgan fingerprint density at radius 1 is 1.20 bits per heavy atom. The molecule has 3 aromatic rings. The Bertz CT molecular complexity index is 905. The molecule has 0 fully saturated rings. The maximum atomic E-state index is 11.9. The fourth-order valence-electron chi connectivity index (χ4n) is 1.80. The minimum Gasteiger partial charge on any atom is -0.478 e. The summed E-state index contributed by atoms with van der Waals surface area (Å²) in [7, 11) is 1.58. The highest BCUT2D eigenvalue weighted by atomic mass is 32.2. The first-order valence-corrected chi connectivity index (χ1v) is 7.80. The summed E-state index contributed by atoms with van der Waals surface area (Å²) in [5.74, 6) is -1.22. The largest absolute Gasteiger partial charge is 0.478 e. The summed E-state index contributed by atoms with van der Waals surface area (Å²) in [6, 6.07) is 6.04. The number of hydrogen-bond donors (Lipinski definition) is 2. The van der Waals surface area contributed by atoms with Crippen LogP contribution >= 0.6 is 11.8 Å². The molecule has 128 valence electrons. The number of aromatic nitrogens is 8. The number of tetrazole rings is 2. The van der Waals surface area contributed by atoms with Crippen LogP contribution in [0.5, 0.6) is 0 Å². The molecular weight excluding hydrogens is 350 g/mol. The van der Waals surface area contributed by atoms with Crippen LogP contribution in [0.3, 0.4) is 0 Å². The molecule has 3 rings (SSSR count). The van der Waals surface area contributed by atoms with E-state index in [2.05, 4.69) is 36.3 Å². The number of amides is 1. The third kappa shape index (κ3) is 3.95. The topological polar surface area (TPSA) is 154 Å². The van der Waals surface area contributed by atoms with Gasteiger partial charge < -0.3 is 5.11 Å². The van der Waals surface area contributed by atoms with Gasteiger partial charge in [0.1, 0.15) is 0 Å². The van der Waals surface area contributed by atoms with Crippen LogP contribution in [0.2, 0.25) is 0 Å². The predicted molar refractivity (Wildman–Crippen MR) is 84.3 cm³/mol. The number of aryl methyl sites for hydroxylation is 1. The standard InChI is InChI=1S/C12H11N9O3S/c1-20-16-11(14-18-20)13-9(22)6-25-12-15-17-19-21(12)8-4-2-7(3-5-8)10(23)24/h2-5H,6H2,1H3,(H,23,24)(H,13,16,22). The molecule has 0 bridgehead atoms. The van der Waals surface area contributed by atoms with Crippen molar-refractivity contribution in [1.29, 1.82) is 0 Å². The third-order valence-electron chi connectivity index (χ3n) is 2.89. The molecule has 2 aromatic heterocycles. The molecule has 1 aromatic carbocycles. The molecule has 0 aliphatic rings. The lowest BCUT2D eigenvalue weighted by Gasteiger charge is -2.04. The van der Waals surface area contributed by atoms with Gasteiger partial charge in [0.2, 0.25) is 11.1 Å². The number of aromatic carboxylic acids is 1. The molecule has 2 heterocycles. The normalized spacial score (nSPS) is 10.6. The molecule has 0 spiro atoms. The van der Waals surface area contributed by atoms with E-state index in [9.17, 15) is 9.59 Å². The van der Waals surface area contributed by atoms with Crippen molar-refractivity contribution in [3.8, 4) is 5.69 Å². The van der Waals surface area contributed by atoms with Gasteiger partial charge in [0.15, 0.2) is 0 Å². The van der Waals surface area contributed by atoms with Gasteiger partial charge in [-0.1, -0.05) is 16.9 Å². The first kappa shape index (κ1) is 16.5. The zero-order chi connectivity index (χ0) is 17.8. The van der Waals surface area contributed by atoms with E-state index in [1.165, 1.54) is 21.6 Å². The number of thioether (sulfide) groups is 1. The second kappa shape index (κ2) is 7.04. The van der Waals surface area contributed by atoms with Crippen molar-refractivity contribution in [2.75, 3.05) is 11.1 Å². The monoisotopic (exact) mass is 361 g/mol. The summed E-state index contributed by atoms with van der Waals surface area (Å²) in [6.07, 6.45) is 0. The Kier molecular flexibility index (Phi) is 4.65. The number of carbonyl (C=O) groups excluding carboxylic acids is 1. The summed E-state index contributed by atoms with van der Waals surface area (Å²) < 4.78 is 1.41. The summed E-state index contributed by atoms with van der Waals surface area (Å²) in [6.45, 7) is 0. The Morgan fingerprint density at radius 3 is 2.60 bits per heavy atom. The van der Waals surface area contributed by atoms with Crippen LogP contribution in [-0.2, 0) is 11.8 Å². The summed E-state index contributed by atoms with van der Waals surface area (Å²) in [4.78, 5) is 24.0. The van der Waals surface area contributed by atoms with Gasteiger partial charge in [0.25, 0.3) is 5.95 Å². The minimum atomic E-state index is -1.02. The highest BCUT2D eigenvalue weighted by Gasteiger charge is 2.13. The molecule has 2 N–H and O–H groups in total. The van der Waals surface area contributed by atoms with Gasteiger partial charge in [-0.2, -0.15) is 9.48 Å². The molecule has 0 saturated carbocycles. The molecule has 0 saturated heterocycles. The van der Waals surface area contributed by atoms with Crippen molar-refractivity contribution in [2.45, 2.75) is 5.16 Å². The second-order valence-electron chi connectivity index (χ2n) is 4.66. The molecule has 25 heavy (non-hydrogen) atoms. The van der Waals surface area contributed by atoms with Gasteiger partial charge in [0.05, 0.1) is 24.1 Å². The Hall–Kier alpha value is -3.35. The van der Waals surface area contributed by atoms with E-state index in [4.69, 9.17) is 5.11 Å². The van der Waals surface area contributed by atoms with Crippen LogP contribution in [0.25, 0.3) is 5.69 Å². The van der Waals surface area contributed by atoms with Gasteiger partial charge in [-0.05, 0) is 39.9 Å². The molecule has 1 amide bonds. The van der Waals surface area contributed by atoms with E-state index in [-0.39, 0.29) is 23.2 Å². The van der Waals surface area contributed by atoms with Crippen LogP contribution in [0, 0.1) is 0 Å². The molecule has 13 heteroatoms. The average Bonchev–Trinajstić information content (AvgIpc) is 3.22. The van der Waals surface area contributed by atoms with Gasteiger partial charge in [0, 0.05) is 0 Å². The van der Waals surface area contributed by atoms with E-state index in [1.807, 2.05) is 0 Å². The number of nitrogens with zero attached hydrogens (tertiary/aromatic N) is 8. The highest BCUT2D eigenvalue weighted by molar-refractivity contribution is 7.99. The fraction of sp³-hybridized carbons (Fsp3) is 0.167. The molecule has 0 unspecified atom stereocenters. The molecule has 12 nitrogen and oxygen atoms in total. The van der Waals surface area contributed by atoms with E-state index < -0.39 is 5.97 Å². The van der Waals surface area contributed by atoms with Crippen molar-refractivity contribution in [3.05, 3.63) is 29.8 Å². The maximum absolute atomic E-state index is 11.9. The number of carboxylic acids is 1. The SMILES string of the molecule is Cn1nnc(NC(=O)CSc2nnnn2-c2ccc(C(=O)O)cc2)n1. The molecular formula is C12H11N9O3S. The minimum absolute atomic E-state index is 0.0336. The fourth-order valence-corrected chi connectivity index (χ4v) is 2.49. The zero-order valence-corrected chi connectivity index (χ0v) is 13.6. The number of nitrogens with one attached hydrogen (secondary N) is 1. The second-order valence-corrected chi connectivity index (χ2v) is 5.61. The van der Waals surface area contributed by atoms with Crippen molar-refractivity contribution in [1.82, 2.24) is 40.4 Å². The first-order valence-electron chi connectivity index (χ1n) is 6.81. The lowest BCUT2D eigenvalue weighted by atomic mass is 10.2. The summed E-state index contributed by atoms with van der Waals surface area (Å²) in [5.41, 5.74) is 0.732. The van der Waals surface area contributed by atoms with Crippen molar-refractivity contribution in [3.63, 3.8) is 0 Å². The van der Waals surface area contributed by atoms with E-state index in [0.29, 0.717) is 10.8 Å². The number of benzene rings is 1. The zero-order valence-electron chi connectivity index (χ0n) is 12.8. The van der Waals surface area contributed by atoms with Gasteiger partial charge in [-0.3, -0.25) is 10.1 Å². The Morgan fingerprint density at radius 2 is 1.96 bits per heavy atom. The first-order chi connectivity index (χ1) is 12.0. The summed E-state index contributed by atoms with van der Waals surface area (Å²) >= 11 is 1.11. The number of anilines is 1. The molecule has 0 atom stereocenters. The van der Waals surface area contributed by atoms with Crippen LogP contribution in [-0.4, -0.2) is 63.2 Å². The highest BCUT2D eigenvalue weighted by Crippen LogP contribution is 2.18.